The van der Waals surface area contributed by atoms with Gasteiger partial charge in [-0.3, -0.25) is 14.0 Å². The van der Waals surface area contributed by atoms with Gasteiger partial charge in [0.2, 0.25) is 0 Å². The monoisotopic (exact) mass is 246 g/mol. The maximum atomic E-state index is 12.2. The minimum Gasteiger partial charge on any atom is -0.298 e. The summed E-state index contributed by atoms with van der Waals surface area (Å²) in [5.41, 5.74) is 1.13. The number of aryl methyl sites for hydroxylation is 1. The molecule has 3 rings (SSSR count). The molecule has 0 unspecified atom stereocenters. The van der Waals surface area contributed by atoms with Crippen molar-refractivity contribution in [1.82, 2.24) is 19.3 Å². The van der Waals surface area contributed by atoms with Crippen LogP contribution in [0.15, 0.2) is 17.3 Å². The Morgan fingerprint density at radius 3 is 2.83 bits per heavy atom. The van der Waals surface area contributed by atoms with Crippen molar-refractivity contribution in [3.8, 4) is 0 Å². The highest BCUT2D eigenvalue weighted by Crippen LogP contribution is 2.45. The average molecular weight is 246 g/mol. The summed E-state index contributed by atoms with van der Waals surface area (Å²) in [7, 11) is 1.80. The van der Waals surface area contributed by atoms with Gasteiger partial charge >= 0.3 is 0 Å². The van der Waals surface area contributed by atoms with Gasteiger partial charge in [0, 0.05) is 13.6 Å². The maximum absolute atomic E-state index is 12.2. The summed E-state index contributed by atoms with van der Waals surface area (Å²) in [5.74, 6) is 0.605. The van der Waals surface area contributed by atoms with Crippen LogP contribution in [0.3, 0.4) is 0 Å². The van der Waals surface area contributed by atoms with E-state index in [1.807, 2.05) is 0 Å². The van der Waals surface area contributed by atoms with E-state index < -0.39 is 0 Å². The predicted octanol–water partition coefficient (Wildman–Crippen LogP) is 1.57. The van der Waals surface area contributed by atoms with Crippen LogP contribution >= 0.6 is 0 Å². The van der Waals surface area contributed by atoms with Gasteiger partial charge < -0.3 is 0 Å². The molecule has 96 valence electrons. The molecule has 2 aromatic rings. The van der Waals surface area contributed by atoms with Gasteiger partial charge in [-0.25, -0.2) is 4.98 Å². The Balaban J connectivity index is 1.90. The van der Waals surface area contributed by atoms with Gasteiger partial charge in [-0.15, -0.1) is 0 Å². The normalized spacial score (nSPS) is 19.1. The molecule has 1 aliphatic carbocycles. The van der Waals surface area contributed by atoms with Crippen molar-refractivity contribution in [2.24, 2.45) is 18.4 Å². The van der Waals surface area contributed by atoms with E-state index in [2.05, 4.69) is 23.9 Å². The Labute approximate surface area is 105 Å². The summed E-state index contributed by atoms with van der Waals surface area (Å²) in [6.45, 7) is 5.32. The third kappa shape index (κ3) is 1.74. The largest absolute Gasteiger partial charge is 0.298 e. The first kappa shape index (κ1) is 11.4. The Kier molecular flexibility index (Phi) is 2.33. The molecule has 2 heterocycles. The van der Waals surface area contributed by atoms with E-state index in [9.17, 15) is 4.79 Å². The molecule has 18 heavy (non-hydrogen) atoms. The van der Waals surface area contributed by atoms with Crippen molar-refractivity contribution in [2.45, 2.75) is 33.2 Å². The summed E-state index contributed by atoms with van der Waals surface area (Å²) in [6.07, 6.45) is 5.62. The topological polar surface area (TPSA) is 52.7 Å². The van der Waals surface area contributed by atoms with Crippen LogP contribution in [0.4, 0.5) is 0 Å². The second-order valence-corrected chi connectivity index (χ2v) is 6.15. The lowest BCUT2D eigenvalue weighted by Crippen LogP contribution is -2.36. The molecular weight excluding hydrogens is 228 g/mol. The summed E-state index contributed by atoms with van der Waals surface area (Å²) in [5, 5.41) is 4.68. The van der Waals surface area contributed by atoms with E-state index in [0.717, 1.165) is 6.54 Å². The Hall–Kier alpha value is -1.65. The molecule has 5 heteroatoms. The van der Waals surface area contributed by atoms with Crippen LogP contribution in [0.1, 0.15) is 26.7 Å². The van der Waals surface area contributed by atoms with Crippen molar-refractivity contribution in [2.75, 3.05) is 0 Å². The molecular formula is C13H18N4O. The first-order valence-corrected chi connectivity index (χ1v) is 6.33. The third-order valence-electron chi connectivity index (χ3n) is 3.86. The van der Waals surface area contributed by atoms with Gasteiger partial charge in [0.15, 0.2) is 5.65 Å². The van der Waals surface area contributed by atoms with Crippen LogP contribution in [-0.2, 0) is 13.6 Å². The molecule has 0 amide bonds. The van der Waals surface area contributed by atoms with E-state index in [1.165, 1.54) is 12.8 Å². The van der Waals surface area contributed by atoms with Crippen LogP contribution in [0, 0.1) is 11.3 Å². The van der Waals surface area contributed by atoms with Crippen LogP contribution < -0.4 is 5.56 Å². The molecule has 0 saturated heterocycles. The molecule has 0 bridgehead atoms. The van der Waals surface area contributed by atoms with E-state index in [0.29, 0.717) is 22.4 Å². The summed E-state index contributed by atoms with van der Waals surface area (Å²) in [4.78, 5) is 16.6. The number of hydrogen-bond acceptors (Lipinski definition) is 3. The fourth-order valence-electron chi connectivity index (χ4n) is 3.11. The quantitative estimate of drug-likeness (QED) is 0.808. The van der Waals surface area contributed by atoms with Crippen LogP contribution in [0.25, 0.3) is 11.0 Å². The summed E-state index contributed by atoms with van der Waals surface area (Å²) < 4.78 is 3.36. The fraction of sp³-hybridized carbons (Fsp3) is 0.615. The molecule has 0 spiro atoms. The highest BCUT2D eigenvalue weighted by Gasteiger charge is 2.36. The van der Waals surface area contributed by atoms with E-state index in [1.54, 1.807) is 28.8 Å². The van der Waals surface area contributed by atoms with Crippen molar-refractivity contribution in [3.63, 3.8) is 0 Å². The second kappa shape index (κ2) is 3.67. The zero-order valence-electron chi connectivity index (χ0n) is 11.1. The zero-order chi connectivity index (χ0) is 12.9. The van der Waals surface area contributed by atoms with Crippen molar-refractivity contribution in [3.05, 3.63) is 22.9 Å². The van der Waals surface area contributed by atoms with E-state index >= 15 is 0 Å². The minimum atomic E-state index is 0.0257. The molecule has 0 radical (unpaired) electrons. The van der Waals surface area contributed by atoms with Crippen molar-refractivity contribution >= 4 is 11.0 Å². The number of aromatic nitrogens is 4. The fourth-order valence-corrected chi connectivity index (χ4v) is 3.11. The molecule has 2 aromatic heterocycles. The molecule has 0 aliphatic heterocycles. The molecule has 0 aromatic carbocycles. The van der Waals surface area contributed by atoms with Gasteiger partial charge in [0.1, 0.15) is 5.39 Å². The standard InChI is InChI=1S/C13H18N4O/c1-13(2)4-9(5-13)7-17-8-14-11-10(12(17)18)6-15-16(11)3/h6,8-9H,4-5,7H2,1-3H3. The molecule has 0 N–H and O–H groups in total. The van der Waals surface area contributed by atoms with Gasteiger partial charge in [-0.05, 0) is 24.2 Å². The minimum absolute atomic E-state index is 0.0257. The van der Waals surface area contributed by atoms with E-state index in [-0.39, 0.29) is 5.56 Å². The second-order valence-electron chi connectivity index (χ2n) is 6.15. The molecule has 0 atom stereocenters. The Morgan fingerprint density at radius 1 is 1.44 bits per heavy atom. The average Bonchev–Trinajstić information content (AvgIpc) is 2.63. The predicted molar refractivity (Wildman–Crippen MR) is 69.3 cm³/mol. The van der Waals surface area contributed by atoms with Gasteiger partial charge in [-0.1, -0.05) is 13.8 Å². The van der Waals surface area contributed by atoms with Crippen molar-refractivity contribution in [1.29, 1.82) is 0 Å². The van der Waals surface area contributed by atoms with Crippen molar-refractivity contribution < 1.29 is 0 Å². The number of fused-ring (bicyclic) bond motifs is 1. The van der Waals surface area contributed by atoms with Crippen LogP contribution in [-0.4, -0.2) is 19.3 Å². The lowest BCUT2D eigenvalue weighted by molar-refractivity contribution is 0.0820. The lowest BCUT2D eigenvalue weighted by atomic mass is 9.64. The first-order valence-electron chi connectivity index (χ1n) is 6.33. The summed E-state index contributed by atoms with van der Waals surface area (Å²) in [6, 6.07) is 0. The molecule has 1 saturated carbocycles. The summed E-state index contributed by atoms with van der Waals surface area (Å²) >= 11 is 0. The molecule has 1 aliphatic rings. The third-order valence-corrected chi connectivity index (χ3v) is 3.86. The van der Waals surface area contributed by atoms with Gasteiger partial charge in [0.25, 0.3) is 5.56 Å². The van der Waals surface area contributed by atoms with Gasteiger partial charge in [-0.2, -0.15) is 5.10 Å². The smallest absolute Gasteiger partial charge is 0.264 e. The van der Waals surface area contributed by atoms with Crippen LogP contribution in [0.2, 0.25) is 0 Å². The lowest BCUT2D eigenvalue weighted by Gasteiger charge is -2.42. The number of hydrogen-bond donors (Lipinski definition) is 0. The van der Waals surface area contributed by atoms with Gasteiger partial charge in [0.05, 0.1) is 12.5 Å². The SMILES string of the molecule is Cn1ncc2c(=O)n(CC3CC(C)(C)C3)cnc21. The highest BCUT2D eigenvalue weighted by atomic mass is 16.1. The van der Waals surface area contributed by atoms with Crippen LogP contribution in [0.5, 0.6) is 0 Å². The number of rotatable bonds is 2. The number of nitrogens with zero attached hydrogens (tertiary/aromatic N) is 4. The molecule has 5 nitrogen and oxygen atoms in total. The Bertz CT molecular complexity index is 645. The molecule has 1 fully saturated rings. The first-order chi connectivity index (χ1) is 8.46. The van der Waals surface area contributed by atoms with E-state index in [4.69, 9.17) is 0 Å². The highest BCUT2D eigenvalue weighted by molar-refractivity contribution is 5.72. The Morgan fingerprint density at radius 2 is 2.17 bits per heavy atom. The zero-order valence-corrected chi connectivity index (χ0v) is 11.1. The maximum Gasteiger partial charge on any atom is 0.264 e.